The quantitative estimate of drug-likeness (QED) is 0.830. The van der Waals surface area contributed by atoms with Gasteiger partial charge in [0.2, 0.25) is 0 Å². The Hall–Kier alpha value is -2.32. The van der Waals surface area contributed by atoms with Crippen LogP contribution in [-0.4, -0.2) is 29.1 Å². The van der Waals surface area contributed by atoms with Crippen molar-refractivity contribution in [2.45, 2.75) is 6.42 Å². The van der Waals surface area contributed by atoms with Crippen molar-refractivity contribution in [1.82, 2.24) is 4.98 Å². The molecule has 1 N–H and O–H groups in total. The molecule has 2 rings (SSSR count). The molecule has 0 saturated heterocycles. The molecule has 20 heavy (non-hydrogen) atoms. The van der Waals surface area contributed by atoms with Crippen molar-refractivity contribution >= 4 is 22.4 Å². The lowest BCUT2D eigenvalue weighted by Crippen LogP contribution is -2.26. The summed E-state index contributed by atoms with van der Waals surface area (Å²) in [5, 5.41) is 11.5. The zero-order valence-corrected chi connectivity index (χ0v) is 11.6. The number of benzene rings is 1. The van der Waals surface area contributed by atoms with E-state index in [1.165, 1.54) is 11.3 Å². The molecule has 5 heteroatoms. The fourth-order valence-electron chi connectivity index (χ4n) is 1.73. The molecule has 0 amide bonds. The van der Waals surface area contributed by atoms with Gasteiger partial charge in [-0.25, -0.2) is 4.98 Å². The summed E-state index contributed by atoms with van der Waals surface area (Å²) < 4.78 is 0. The molecule has 0 unspecified atom stereocenters. The minimum Gasteiger partial charge on any atom is -0.481 e. The number of terminal acetylenes is 1. The summed E-state index contributed by atoms with van der Waals surface area (Å²) >= 11 is 1.47. The molecule has 102 valence electrons. The minimum absolute atomic E-state index is 0.0436. The summed E-state index contributed by atoms with van der Waals surface area (Å²) in [5.41, 5.74) is 1.91. The molecule has 0 bridgehead atoms. The van der Waals surface area contributed by atoms with E-state index in [2.05, 4.69) is 10.9 Å². The first-order valence-electron chi connectivity index (χ1n) is 6.12. The first-order chi connectivity index (χ1) is 9.70. The predicted octanol–water partition coefficient (Wildman–Crippen LogP) is 2.72. The fraction of sp³-hybridized carbons (Fsp3) is 0.200. The van der Waals surface area contributed by atoms with Crippen LogP contribution in [0.2, 0.25) is 0 Å². The van der Waals surface area contributed by atoms with E-state index < -0.39 is 5.97 Å². The van der Waals surface area contributed by atoms with Gasteiger partial charge in [0.1, 0.15) is 0 Å². The van der Waals surface area contributed by atoms with E-state index >= 15 is 0 Å². The maximum absolute atomic E-state index is 10.7. The van der Waals surface area contributed by atoms with Crippen molar-refractivity contribution in [2.75, 3.05) is 18.0 Å². The van der Waals surface area contributed by atoms with Crippen molar-refractivity contribution in [3.63, 3.8) is 0 Å². The molecular weight excluding hydrogens is 272 g/mol. The van der Waals surface area contributed by atoms with Gasteiger partial charge in [-0.15, -0.1) is 17.8 Å². The van der Waals surface area contributed by atoms with Crippen molar-refractivity contribution in [2.24, 2.45) is 0 Å². The van der Waals surface area contributed by atoms with Crippen LogP contribution in [0.5, 0.6) is 0 Å². The Kier molecular flexibility index (Phi) is 4.75. The van der Waals surface area contributed by atoms with Gasteiger partial charge in [0.15, 0.2) is 5.13 Å². The van der Waals surface area contributed by atoms with Crippen LogP contribution in [0.1, 0.15) is 6.42 Å². The number of nitrogens with zero attached hydrogens (tertiary/aromatic N) is 2. The molecule has 0 aliphatic rings. The van der Waals surface area contributed by atoms with Crippen LogP contribution in [0.3, 0.4) is 0 Å². The highest BCUT2D eigenvalue weighted by atomic mass is 32.1. The number of carboxylic acids is 1. The summed E-state index contributed by atoms with van der Waals surface area (Å²) in [5.74, 6) is 1.70. The molecular formula is C15H14N2O2S. The molecule has 2 aromatic rings. The molecule has 0 fully saturated rings. The Bertz CT molecular complexity index is 616. The van der Waals surface area contributed by atoms with Gasteiger partial charge in [-0.3, -0.25) is 4.79 Å². The number of carbonyl (C=O) groups is 1. The summed E-state index contributed by atoms with van der Waals surface area (Å²) in [6.45, 7) is 0.719. The molecule has 4 nitrogen and oxygen atoms in total. The van der Waals surface area contributed by atoms with Crippen molar-refractivity contribution in [1.29, 1.82) is 0 Å². The molecule has 0 atom stereocenters. The summed E-state index contributed by atoms with van der Waals surface area (Å²) in [6, 6.07) is 9.84. The predicted molar refractivity (Wildman–Crippen MR) is 80.8 cm³/mol. The van der Waals surface area contributed by atoms with Gasteiger partial charge in [-0.1, -0.05) is 36.3 Å². The Morgan fingerprint density at radius 3 is 2.80 bits per heavy atom. The Labute approximate surface area is 121 Å². The average molecular weight is 286 g/mol. The average Bonchev–Trinajstić information content (AvgIpc) is 2.94. The highest BCUT2D eigenvalue weighted by Gasteiger charge is 2.12. The van der Waals surface area contributed by atoms with E-state index in [0.717, 1.165) is 16.4 Å². The van der Waals surface area contributed by atoms with Crippen LogP contribution in [0.15, 0.2) is 35.7 Å². The van der Waals surface area contributed by atoms with E-state index in [9.17, 15) is 4.79 Å². The van der Waals surface area contributed by atoms with E-state index in [1.54, 1.807) is 0 Å². The standard InChI is InChI=1S/C15H14N2O2S/c1-2-9-17(10-8-14(18)19)15-16-13(11-20-15)12-6-4-3-5-7-12/h1,3-7,11H,8-10H2,(H,18,19). The third-order valence-corrected chi connectivity index (χ3v) is 3.61. The molecule has 0 saturated carbocycles. The van der Waals surface area contributed by atoms with Crippen LogP contribution in [0, 0.1) is 12.3 Å². The number of thiazole rings is 1. The number of hydrogen-bond donors (Lipinski definition) is 1. The van der Waals surface area contributed by atoms with Crippen LogP contribution >= 0.6 is 11.3 Å². The fourth-order valence-corrected chi connectivity index (χ4v) is 2.60. The number of rotatable bonds is 6. The molecule has 0 aliphatic carbocycles. The summed E-state index contributed by atoms with van der Waals surface area (Å²) in [7, 11) is 0. The monoisotopic (exact) mass is 286 g/mol. The van der Waals surface area contributed by atoms with Gasteiger partial charge in [-0.05, 0) is 0 Å². The number of hydrogen-bond acceptors (Lipinski definition) is 4. The number of carboxylic acid groups (broad SMARTS) is 1. The third-order valence-electron chi connectivity index (χ3n) is 2.71. The van der Waals surface area contributed by atoms with Crippen LogP contribution in [0.4, 0.5) is 5.13 Å². The zero-order valence-electron chi connectivity index (χ0n) is 10.8. The topological polar surface area (TPSA) is 53.4 Å². The highest BCUT2D eigenvalue weighted by Crippen LogP contribution is 2.27. The third kappa shape index (κ3) is 3.59. The smallest absolute Gasteiger partial charge is 0.305 e. The van der Waals surface area contributed by atoms with Gasteiger partial charge in [0, 0.05) is 17.5 Å². The maximum atomic E-state index is 10.7. The first-order valence-corrected chi connectivity index (χ1v) is 7.00. The van der Waals surface area contributed by atoms with Gasteiger partial charge < -0.3 is 10.0 Å². The second kappa shape index (κ2) is 6.73. The molecule has 1 aromatic heterocycles. The van der Waals surface area contributed by atoms with E-state index in [0.29, 0.717) is 13.1 Å². The molecule has 1 heterocycles. The second-order valence-corrected chi connectivity index (χ2v) is 4.99. The van der Waals surface area contributed by atoms with Crippen LogP contribution < -0.4 is 4.90 Å². The van der Waals surface area contributed by atoms with Gasteiger partial charge >= 0.3 is 5.97 Å². The van der Waals surface area contributed by atoms with Crippen molar-refractivity contribution in [3.05, 3.63) is 35.7 Å². The Morgan fingerprint density at radius 2 is 2.15 bits per heavy atom. The normalized spacial score (nSPS) is 9.95. The van der Waals surface area contributed by atoms with E-state index in [1.807, 2.05) is 40.6 Å². The second-order valence-electron chi connectivity index (χ2n) is 4.15. The van der Waals surface area contributed by atoms with Crippen LogP contribution in [-0.2, 0) is 4.79 Å². The largest absolute Gasteiger partial charge is 0.481 e. The molecule has 0 radical (unpaired) electrons. The summed E-state index contributed by atoms with van der Waals surface area (Å²) in [6.07, 6.45) is 5.37. The van der Waals surface area contributed by atoms with Crippen molar-refractivity contribution in [3.8, 4) is 23.6 Å². The molecule has 0 aliphatic heterocycles. The number of aromatic nitrogens is 1. The zero-order chi connectivity index (χ0) is 14.4. The molecule has 0 spiro atoms. The SMILES string of the molecule is C#CCN(CCC(=O)O)c1nc(-c2ccccc2)cs1. The maximum Gasteiger partial charge on any atom is 0.305 e. The number of anilines is 1. The van der Waals surface area contributed by atoms with Crippen LogP contribution in [0.25, 0.3) is 11.3 Å². The molecule has 1 aromatic carbocycles. The first kappa shape index (κ1) is 14.1. The van der Waals surface area contributed by atoms with Gasteiger partial charge in [-0.2, -0.15) is 0 Å². The van der Waals surface area contributed by atoms with Gasteiger partial charge in [0.25, 0.3) is 0 Å². The van der Waals surface area contributed by atoms with E-state index in [-0.39, 0.29) is 6.42 Å². The minimum atomic E-state index is -0.841. The Morgan fingerprint density at radius 1 is 1.40 bits per heavy atom. The summed E-state index contributed by atoms with van der Waals surface area (Å²) in [4.78, 5) is 17.0. The van der Waals surface area contributed by atoms with Crippen molar-refractivity contribution < 1.29 is 9.90 Å². The highest BCUT2D eigenvalue weighted by molar-refractivity contribution is 7.14. The Balaban J connectivity index is 2.16. The van der Waals surface area contributed by atoms with Gasteiger partial charge in [0.05, 0.1) is 18.7 Å². The number of aliphatic carboxylic acids is 1. The van der Waals surface area contributed by atoms with E-state index in [4.69, 9.17) is 11.5 Å². The lowest BCUT2D eigenvalue weighted by Gasteiger charge is -2.17. The lowest BCUT2D eigenvalue weighted by atomic mass is 10.2. The lowest BCUT2D eigenvalue weighted by molar-refractivity contribution is -0.136.